The summed E-state index contributed by atoms with van der Waals surface area (Å²) in [5.41, 5.74) is -3.64. The van der Waals surface area contributed by atoms with Gasteiger partial charge < -0.3 is 4.74 Å². The Kier molecular flexibility index (Phi) is 6.37. The van der Waals surface area contributed by atoms with E-state index in [1.807, 2.05) is 0 Å². The second-order valence-corrected chi connectivity index (χ2v) is 9.79. The van der Waals surface area contributed by atoms with E-state index < -0.39 is 21.5 Å². The highest BCUT2D eigenvalue weighted by Gasteiger charge is 2.53. The SMILES string of the molecule is C=C(C)C(=O)OCc1ccc(S(c2ccccc2)(c2ccccc2)C(F)(F)F)cc1. The van der Waals surface area contributed by atoms with Crippen molar-refractivity contribution >= 4 is 16.0 Å². The largest absolute Gasteiger partial charge is 0.457 e. The van der Waals surface area contributed by atoms with Crippen molar-refractivity contribution < 1.29 is 22.7 Å². The molecule has 0 amide bonds. The molecule has 0 N–H and O–H groups in total. The van der Waals surface area contributed by atoms with Crippen molar-refractivity contribution in [2.45, 2.75) is 33.7 Å². The Bertz CT molecular complexity index is 974. The Balaban J connectivity index is 2.12. The number of ether oxygens (including phenoxy) is 1. The first kappa shape index (κ1) is 21.7. The molecular weight excluding hydrogens is 409 g/mol. The van der Waals surface area contributed by atoms with E-state index in [9.17, 15) is 18.0 Å². The van der Waals surface area contributed by atoms with Gasteiger partial charge in [0.1, 0.15) is 6.61 Å². The first-order valence-electron chi connectivity index (χ1n) is 9.18. The number of alkyl halides is 3. The molecule has 0 radical (unpaired) electrons. The Labute approximate surface area is 175 Å². The maximum atomic E-state index is 14.8. The predicted molar refractivity (Wildman–Crippen MR) is 112 cm³/mol. The van der Waals surface area contributed by atoms with E-state index in [-0.39, 0.29) is 26.9 Å². The van der Waals surface area contributed by atoms with Gasteiger partial charge in [-0.25, -0.2) is 4.79 Å². The fraction of sp³-hybridized carbons (Fsp3) is 0.125. The highest BCUT2D eigenvalue weighted by Crippen LogP contribution is 2.77. The molecule has 0 aliphatic heterocycles. The van der Waals surface area contributed by atoms with Crippen LogP contribution in [0.5, 0.6) is 0 Å². The van der Waals surface area contributed by atoms with Crippen LogP contribution in [0.1, 0.15) is 12.5 Å². The van der Waals surface area contributed by atoms with Crippen molar-refractivity contribution in [1.82, 2.24) is 0 Å². The molecule has 0 saturated heterocycles. The minimum Gasteiger partial charge on any atom is -0.457 e. The average molecular weight is 430 g/mol. The van der Waals surface area contributed by atoms with Crippen molar-refractivity contribution in [2.24, 2.45) is 0 Å². The number of carbonyl (C=O) groups is 1. The molecule has 3 aromatic carbocycles. The molecule has 30 heavy (non-hydrogen) atoms. The second-order valence-electron chi connectivity index (χ2n) is 6.68. The number of rotatable bonds is 6. The third-order valence-electron chi connectivity index (χ3n) is 4.54. The Morgan fingerprint density at radius 1 is 0.833 bits per heavy atom. The summed E-state index contributed by atoms with van der Waals surface area (Å²) in [5.74, 6) is -0.539. The van der Waals surface area contributed by atoms with E-state index >= 15 is 0 Å². The summed E-state index contributed by atoms with van der Waals surface area (Å²) in [7, 11) is -3.53. The lowest BCUT2D eigenvalue weighted by Gasteiger charge is -2.42. The van der Waals surface area contributed by atoms with Gasteiger partial charge in [-0.05, 0) is 48.9 Å². The lowest BCUT2D eigenvalue weighted by Crippen LogP contribution is -2.22. The number of hydrogen-bond donors (Lipinski definition) is 0. The molecule has 0 fully saturated rings. The first-order valence-corrected chi connectivity index (χ1v) is 10.8. The zero-order valence-corrected chi connectivity index (χ0v) is 17.2. The summed E-state index contributed by atoms with van der Waals surface area (Å²) in [4.78, 5) is 12.2. The zero-order valence-electron chi connectivity index (χ0n) is 16.4. The molecule has 3 rings (SSSR count). The molecule has 0 unspecified atom stereocenters. The minimum absolute atomic E-state index is 0.0308. The van der Waals surface area contributed by atoms with Crippen LogP contribution in [-0.4, -0.2) is 11.5 Å². The van der Waals surface area contributed by atoms with Crippen molar-refractivity contribution in [3.63, 3.8) is 0 Å². The summed E-state index contributed by atoms with van der Waals surface area (Å²) in [6, 6.07) is 22.1. The smallest absolute Gasteiger partial charge is 0.437 e. The van der Waals surface area contributed by atoms with Gasteiger partial charge in [0.2, 0.25) is 0 Å². The quantitative estimate of drug-likeness (QED) is 0.308. The molecular formula is C24H21F3O2S. The van der Waals surface area contributed by atoms with Gasteiger partial charge in [-0.3, -0.25) is 0 Å². The normalized spacial score (nSPS) is 12.3. The summed E-state index contributed by atoms with van der Waals surface area (Å²) < 4.78 is 49.6. The molecule has 6 heteroatoms. The van der Waals surface area contributed by atoms with Crippen LogP contribution in [0.4, 0.5) is 13.2 Å². The van der Waals surface area contributed by atoms with Crippen LogP contribution in [-0.2, 0) is 16.1 Å². The van der Waals surface area contributed by atoms with Crippen LogP contribution in [0.25, 0.3) is 0 Å². The molecule has 0 aromatic heterocycles. The van der Waals surface area contributed by atoms with E-state index in [2.05, 4.69) is 6.58 Å². The van der Waals surface area contributed by atoms with Crippen molar-refractivity contribution in [3.05, 3.63) is 103 Å². The summed E-state index contributed by atoms with van der Waals surface area (Å²) >= 11 is 0. The molecule has 3 aromatic rings. The number of esters is 1. The van der Waals surface area contributed by atoms with Gasteiger partial charge in [-0.1, -0.05) is 65.1 Å². The number of halogens is 3. The summed E-state index contributed by atoms with van der Waals surface area (Å²) in [5, 5.41) is 0. The predicted octanol–water partition coefficient (Wildman–Crippen LogP) is 7.11. The fourth-order valence-corrected chi connectivity index (χ4v) is 6.41. The van der Waals surface area contributed by atoms with Gasteiger partial charge in [0.15, 0.2) is 0 Å². The van der Waals surface area contributed by atoms with Gasteiger partial charge in [0.05, 0.1) is 0 Å². The molecule has 0 aliphatic rings. The molecule has 156 valence electrons. The highest BCUT2D eigenvalue weighted by molar-refractivity contribution is 8.34. The summed E-state index contributed by atoms with van der Waals surface area (Å²) in [6.07, 6.45) is 0. The number of carbonyl (C=O) groups excluding carboxylic acids is 1. The number of hydrogen-bond acceptors (Lipinski definition) is 2. The Morgan fingerprint density at radius 3 is 1.67 bits per heavy atom. The first-order chi connectivity index (χ1) is 14.3. The molecule has 0 saturated carbocycles. The second kappa shape index (κ2) is 8.79. The van der Waals surface area contributed by atoms with Gasteiger partial charge in [0.25, 0.3) is 0 Å². The topological polar surface area (TPSA) is 26.3 Å². The maximum absolute atomic E-state index is 14.8. The molecule has 0 aliphatic carbocycles. The summed E-state index contributed by atoms with van der Waals surface area (Å²) in [6.45, 7) is 5.01. The lowest BCUT2D eigenvalue weighted by atomic mass is 10.2. The van der Waals surface area contributed by atoms with Crippen LogP contribution in [0, 0.1) is 0 Å². The minimum atomic E-state index is -4.51. The highest BCUT2D eigenvalue weighted by atomic mass is 32.3. The standard InChI is InChI=1S/C24H21F3O2S/c1-18(2)23(28)29-17-19-13-15-22(16-14-19)30(24(25,26)27,20-9-5-3-6-10-20)21-11-7-4-8-12-21/h3-16H,1,17H2,2H3. The fourth-order valence-electron chi connectivity index (χ4n) is 3.12. The molecule has 0 heterocycles. The van der Waals surface area contributed by atoms with Gasteiger partial charge in [-0.15, -0.1) is 0 Å². The molecule has 0 spiro atoms. The average Bonchev–Trinajstić information content (AvgIpc) is 2.74. The zero-order chi connectivity index (χ0) is 21.8. The maximum Gasteiger partial charge on any atom is 0.437 e. The van der Waals surface area contributed by atoms with E-state index in [1.165, 1.54) is 43.3 Å². The van der Waals surface area contributed by atoms with Gasteiger partial charge in [-0.2, -0.15) is 13.2 Å². The Hall–Kier alpha value is -2.99. The third kappa shape index (κ3) is 4.14. The van der Waals surface area contributed by atoms with E-state index in [0.29, 0.717) is 5.56 Å². The third-order valence-corrected chi connectivity index (χ3v) is 8.17. The molecule has 0 atom stereocenters. The van der Waals surface area contributed by atoms with Crippen molar-refractivity contribution in [2.75, 3.05) is 0 Å². The molecule has 2 nitrogen and oxygen atoms in total. The van der Waals surface area contributed by atoms with Crippen LogP contribution >= 0.6 is 10.0 Å². The molecule has 0 bridgehead atoms. The Morgan fingerprint density at radius 2 is 1.27 bits per heavy atom. The van der Waals surface area contributed by atoms with Gasteiger partial charge >= 0.3 is 11.5 Å². The van der Waals surface area contributed by atoms with Crippen LogP contribution in [0.3, 0.4) is 0 Å². The van der Waals surface area contributed by atoms with Crippen LogP contribution in [0.15, 0.2) is 112 Å². The van der Waals surface area contributed by atoms with E-state index in [4.69, 9.17) is 4.74 Å². The monoisotopic (exact) mass is 430 g/mol. The van der Waals surface area contributed by atoms with E-state index in [1.54, 1.807) is 48.5 Å². The lowest BCUT2D eigenvalue weighted by molar-refractivity contribution is -0.140. The van der Waals surface area contributed by atoms with Crippen LogP contribution < -0.4 is 0 Å². The van der Waals surface area contributed by atoms with E-state index in [0.717, 1.165) is 0 Å². The van der Waals surface area contributed by atoms with Crippen molar-refractivity contribution in [1.29, 1.82) is 0 Å². The number of benzene rings is 3. The van der Waals surface area contributed by atoms with Gasteiger partial charge in [0, 0.05) is 20.3 Å². The van der Waals surface area contributed by atoms with Crippen LogP contribution in [0.2, 0.25) is 0 Å². The van der Waals surface area contributed by atoms with Crippen molar-refractivity contribution in [3.8, 4) is 0 Å².